The van der Waals surface area contributed by atoms with E-state index >= 15 is 0 Å². The first-order valence-corrected chi connectivity index (χ1v) is 11.0. The Morgan fingerprint density at radius 2 is 2.09 bits per heavy atom. The second kappa shape index (κ2) is 9.57. The van der Waals surface area contributed by atoms with Gasteiger partial charge in [-0.1, -0.05) is 5.92 Å². The number of carbonyl (C=O) groups is 1. The summed E-state index contributed by atoms with van der Waals surface area (Å²) < 4.78 is 40.7. The lowest BCUT2D eigenvalue weighted by atomic mass is 10.3. The van der Waals surface area contributed by atoms with E-state index in [4.69, 9.17) is 4.84 Å². The van der Waals surface area contributed by atoms with Gasteiger partial charge in [-0.3, -0.25) is 14.3 Å². The number of rotatable bonds is 5. The van der Waals surface area contributed by atoms with Gasteiger partial charge in [0.25, 0.3) is 5.56 Å². The first kappa shape index (κ1) is 23.9. The quantitative estimate of drug-likeness (QED) is 0.447. The van der Waals surface area contributed by atoms with Crippen molar-refractivity contribution >= 4 is 29.2 Å². The summed E-state index contributed by atoms with van der Waals surface area (Å²) in [6, 6.07) is 0. The van der Waals surface area contributed by atoms with Crippen molar-refractivity contribution in [2.75, 3.05) is 42.7 Å². The van der Waals surface area contributed by atoms with E-state index in [1.54, 1.807) is 18.0 Å². The van der Waals surface area contributed by atoms with Gasteiger partial charge in [0.1, 0.15) is 0 Å². The van der Waals surface area contributed by atoms with Gasteiger partial charge in [-0.05, 0) is 18.7 Å². The van der Waals surface area contributed by atoms with Gasteiger partial charge >= 0.3 is 12.1 Å². The number of aromatic amines is 1. The van der Waals surface area contributed by atoms with Gasteiger partial charge in [0.15, 0.2) is 28.1 Å². The summed E-state index contributed by atoms with van der Waals surface area (Å²) in [6.45, 7) is 3.61. The van der Waals surface area contributed by atoms with Crippen molar-refractivity contribution in [1.82, 2.24) is 29.7 Å². The van der Waals surface area contributed by atoms with Crippen LogP contribution in [0.25, 0.3) is 0 Å². The number of halogens is 3. The Bertz CT molecular complexity index is 1170. The maximum Gasteiger partial charge on any atom is 0.493 e. The lowest BCUT2D eigenvalue weighted by Gasteiger charge is -2.40. The fourth-order valence-electron chi connectivity index (χ4n) is 3.62. The summed E-state index contributed by atoms with van der Waals surface area (Å²) in [7, 11) is 1.49. The number of hydrogen-bond acceptors (Lipinski definition) is 10. The van der Waals surface area contributed by atoms with Gasteiger partial charge in [0.05, 0.1) is 6.54 Å². The number of H-pyrrole nitrogens is 1. The number of aromatic nitrogens is 4. The smallest absolute Gasteiger partial charge is 0.339 e. The normalized spacial score (nSPS) is 18.4. The van der Waals surface area contributed by atoms with Crippen molar-refractivity contribution in [1.29, 1.82) is 0 Å². The number of carbonyl (C=O) groups excluding carboxylic acids is 1. The summed E-state index contributed by atoms with van der Waals surface area (Å²) in [5.41, 5.74) is -0.532. The average Bonchev–Trinajstić information content (AvgIpc) is 3.42. The fourth-order valence-corrected chi connectivity index (χ4v) is 4.38. The van der Waals surface area contributed by atoms with Crippen LogP contribution in [0.3, 0.4) is 0 Å². The van der Waals surface area contributed by atoms with E-state index in [2.05, 4.69) is 32.1 Å². The van der Waals surface area contributed by atoms with Crippen LogP contribution in [0.5, 0.6) is 0 Å². The van der Waals surface area contributed by atoms with Gasteiger partial charge in [-0.2, -0.15) is 13.2 Å². The molecule has 0 spiro atoms. The summed E-state index contributed by atoms with van der Waals surface area (Å²) in [4.78, 5) is 44.8. The molecule has 0 saturated carbocycles. The number of nitrogens with one attached hydrogen (secondary N) is 2. The van der Waals surface area contributed by atoms with Crippen LogP contribution < -0.4 is 20.8 Å². The van der Waals surface area contributed by atoms with Gasteiger partial charge < -0.3 is 20.0 Å². The molecule has 0 bridgehead atoms. The Labute approximate surface area is 196 Å². The van der Waals surface area contributed by atoms with Crippen molar-refractivity contribution in [3.8, 4) is 11.8 Å². The van der Waals surface area contributed by atoms with Crippen LogP contribution in [0.1, 0.15) is 6.92 Å². The van der Waals surface area contributed by atoms with Gasteiger partial charge in [-0.25, -0.2) is 14.8 Å². The lowest BCUT2D eigenvalue weighted by molar-refractivity contribution is -0.203. The van der Waals surface area contributed by atoms with E-state index in [9.17, 15) is 22.8 Å². The van der Waals surface area contributed by atoms with Gasteiger partial charge in [-0.15, -0.1) is 11.0 Å². The first-order chi connectivity index (χ1) is 16.2. The third-order valence-corrected chi connectivity index (χ3v) is 6.13. The molecule has 2 aromatic rings. The minimum Gasteiger partial charge on any atom is -0.339 e. The van der Waals surface area contributed by atoms with Crippen LogP contribution in [0, 0.1) is 11.8 Å². The highest BCUT2D eigenvalue weighted by atomic mass is 32.2. The molecule has 182 valence electrons. The molecular weight excluding hydrogens is 477 g/mol. The van der Waals surface area contributed by atoms with E-state index in [1.165, 1.54) is 22.7 Å². The number of fused-ring (bicyclic) bond motifs is 1. The Hall–Kier alpha value is -3.22. The number of nitrogens with zero attached hydrogens (tertiary/aromatic N) is 6. The number of piperazine rings is 1. The van der Waals surface area contributed by atoms with Crippen molar-refractivity contribution < 1.29 is 22.8 Å². The molecule has 2 aliphatic rings. The van der Waals surface area contributed by atoms with Gasteiger partial charge in [0.2, 0.25) is 0 Å². The molecule has 1 atom stereocenters. The monoisotopic (exact) mass is 498 g/mol. The molecule has 4 heterocycles. The molecule has 0 amide bonds. The Kier molecular flexibility index (Phi) is 6.73. The van der Waals surface area contributed by atoms with Crippen LogP contribution in [0.15, 0.2) is 27.5 Å². The number of hydroxylamine groups is 1. The third kappa shape index (κ3) is 4.56. The number of anilines is 2. The topological polar surface area (TPSA) is 112 Å². The van der Waals surface area contributed by atoms with Crippen molar-refractivity contribution in [2.24, 2.45) is 7.05 Å². The molecule has 0 radical (unpaired) electrons. The Morgan fingerprint density at radius 3 is 2.71 bits per heavy atom. The molecular formula is C19H21F3N8O3S. The molecule has 15 heteroatoms. The van der Waals surface area contributed by atoms with E-state index in [-0.39, 0.29) is 23.2 Å². The highest BCUT2D eigenvalue weighted by Gasteiger charge is 2.50. The van der Waals surface area contributed by atoms with Crippen LogP contribution >= 0.6 is 11.8 Å². The third-order valence-electron chi connectivity index (χ3n) is 5.17. The maximum atomic E-state index is 13.4. The SMILES string of the molecule is CC#CCN1c2c(nc(Sc3ncc[nH]3)n(C)c2=O)N(OC(=O)C(F)(F)F)C1N1CCNCC1. The molecule has 1 fully saturated rings. The zero-order chi connectivity index (χ0) is 24.5. The van der Waals surface area contributed by atoms with E-state index in [0.29, 0.717) is 31.3 Å². The van der Waals surface area contributed by atoms with Crippen LogP contribution in [-0.4, -0.2) is 75.6 Å². The molecule has 2 N–H and O–H groups in total. The second-order valence-corrected chi connectivity index (χ2v) is 8.27. The molecule has 1 unspecified atom stereocenters. The summed E-state index contributed by atoms with van der Waals surface area (Å²) in [6.07, 6.45) is -3.18. The van der Waals surface area contributed by atoms with Crippen LogP contribution in [0.4, 0.5) is 24.7 Å². The number of hydrogen-bond donors (Lipinski definition) is 2. The molecule has 34 heavy (non-hydrogen) atoms. The molecule has 0 aromatic carbocycles. The molecule has 1 saturated heterocycles. The highest BCUT2D eigenvalue weighted by Crippen LogP contribution is 2.39. The number of alkyl halides is 3. The van der Waals surface area contributed by atoms with Crippen molar-refractivity contribution in [3.05, 3.63) is 22.7 Å². The zero-order valence-electron chi connectivity index (χ0n) is 18.2. The molecule has 2 aromatic heterocycles. The average molecular weight is 498 g/mol. The van der Waals surface area contributed by atoms with E-state index < -0.39 is 24.0 Å². The number of imidazole rings is 1. The maximum absolute atomic E-state index is 13.4. The molecule has 11 nitrogen and oxygen atoms in total. The molecule has 2 aliphatic heterocycles. The summed E-state index contributed by atoms with van der Waals surface area (Å²) in [5.74, 6) is 2.97. The predicted molar refractivity (Wildman–Crippen MR) is 116 cm³/mol. The van der Waals surface area contributed by atoms with Crippen LogP contribution in [-0.2, 0) is 16.7 Å². The van der Waals surface area contributed by atoms with Crippen LogP contribution in [0.2, 0.25) is 0 Å². The minimum atomic E-state index is -5.24. The largest absolute Gasteiger partial charge is 0.493 e. The standard InChI is InChI=1S/C19H21F3N8O3S/c1-3-4-9-29-12-13(26-17(27(2)14(12)31)34-16-24-5-6-25-16)30(33-15(32)19(20,21)22)18(29)28-10-7-23-8-11-28/h5-6,18,23H,7-11H2,1-2H3,(H,24,25). The fraction of sp³-hybridized carbons (Fsp3) is 0.474. The summed E-state index contributed by atoms with van der Waals surface area (Å²) >= 11 is 1.01. The van der Waals surface area contributed by atoms with Crippen molar-refractivity contribution in [2.45, 2.75) is 29.7 Å². The zero-order valence-corrected chi connectivity index (χ0v) is 19.0. The molecule has 4 rings (SSSR count). The first-order valence-electron chi connectivity index (χ1n) is 10.2. The van der Waals surface area contributed by atoms with E-state index in [0.717, 1.165) is 16.8 Å². The van der Waals surface area contributed by atoms with E-state index in [1.807, 2.05) is 0 Å². The highest BCUT2D eigenvalue weighted by molar-refractivity contribution is 7.99. The minimum absolute atomic E-state index is 0.00690. The second-order valence-electron chi connectivity index (χ2n) is 7.32. The Balaban J connectivity index is 1.85. The summed E-state index contributed by atoms with van der Waals surface area (Å²) in [5, 5.41) is 4.50. The lowest BCUT2D eigenvalue weighted by Crippen LogP contribution is -2.61. The Morgan fingerprint density at radius 1 is 1.35 bits per heavy atom. The molecule has 0 aliphatic carbocycles. The van der Waals surface area contributed by atoms with Gasteiger partial charge in [0, 0.05) is 45.6 Å². The predicted octanol–water partition coefficient (Wildman–Crippen LogP) is 0.514. The van der Waals surface area contributed by atoms with Crippen molar-refractivity contribution in [3.63, 3.8) is 0 Å².